The van der Waals surface area contributed by atoms with Gasteiger partial charge in [-0.25, -0.2) is 9.78 Å². The van der Waals surface area contributed by atoms with E-state index in [2.05, 4.69) is 10.3 Å². The quantitative estimate of drug-likeness (QED) is 0.666. The number of oxazole rings is 1. The van der Waals surface area contributed by atoms with Gasteiger partial charge in [-0.15, -0.1) is 0 Å². The number of benzene rings is 2. The van der Waals surface area contributed by atoms with Gasteiger partial charge in [0.15, 0.2) is 5.58 Å². The molecular formula is C21H22N4O4. The van der Waals surface area contributed by atoms with Gasteiger partial charge in [0, 0.05) is 18.8 Å². The first-order chi connectivity index (χ1) is 14.1. The molecule has 3 amide bonds. The van der Waals surface area contributed by atoms with Crippen LogP contribution in [-0.2, 0) is 11.3 Å². The summed E-state index contributed by atoms with van der Waals surface area (Å²) in [5, 5.41) is 2.76. The number of ether oxygens (including phenoxy) is 1. The summed E-state index contributed by atoms with van der Waals surface area (Å²) in [6, 6.07) is 14.6. The van der Waals surface area contributed by atoms with Gasteiger partial charge in [0.05, 0.1) is 13.2 Å². The molecule has 0 spiro atoms. The van der Waals surface area contributed by atoms with Crippen LogP contribution in [0.15, 0.2) is 52.9 Å². The number of amides is 3. The lowest BCUT2D eigenvalue weighted by atomic mass is 10.3. The molecule has 1 saturated heterocycles. The number of hydrogen-bond donors (Lipinski definition) is 1. The van der Waals surface area contributed by atoms with E-state index in [1.54, 1.807) is 4.90 Å². The molecule has 1 fully saturated rings. The third-order valence-electron chi connectivity index (χ3n) is 4.66. The minimum atomic E-state index is -0.255. The van der Waals surface area contributed by atoms with Gasteiger partial charge in [-0.1, -0.05) is 12.1 Å². The van der Waals surface area contributed by atoms with Gasteiger partial charge in [-0.2, -0.15) is 0 Å². The fourth-order valence-corrected chi connectivity index (χ4v) is 3.26. The molecule has 1 aliphatic heterocycles. The summed E-state index contributed by atoms with van der Waals surface area (Å²) in [5.74, 6) is 0.941. The largest absolute Gasteiger partial charge is 0.494 e. The fourth-order valence-electron chi connectivity index (χ4n) is 3.26. The normalized spacial score (nSPS) is 13.9. The Kier molecular flexibility index (Phi) is 5.33. The first-order valence-electron chi connectivity index (χ1n) is 9.54. The number of hydrogen-bond acceptors (Lipinski definition) is 5. The van der Waals surface area contributed by atoms with Gasteiger partial charge in [-0.3, -0.25) is 9.69 Å². The van der Waals surface area contributed by atoms with Crippen molar-refractivity contribution in [2.24, 2.45) is 0 Å². The molecule has 29 heavy (non-hydrogen) atoms. The highest BCUT2D eigenvalue weighted by atomic mass is 16.5. The minimum absolute atomic E-state index is 0.00735. The second-order valence-corrected chi connectivity index (χ2v) is 6.63. The Bertz CT molecular complexity index is 982. The van der Waals surface area contributed by atoms with Crippen molar-refractivity contribution in [3.63, 3.8) is 0 Å². The average molecular weight is 394 g/mol. The number of nitrogens with zero attached hydrogens (tertiary/aromatic N) is 3. The minimum Gasteiger partial charge on any atom is -0.494 e. The molecule has 0 aliphatic carbocycles. The van der Waals surface area contributed by atoms with Crippen molar-refractivity contribution >= 4 is 28.7 Å². The van der Waals surface area contributed by atoms with E-state index in [0.29, 0.717) is 31.2 Å². The zero-order chi connectivity index (χ0) is 20.2. The Morgan fingerprint density at radius 3 is 2.72 bits per heavy atom. The van der Waals surface area contributed by atoms with E-state index < -0.39 is 0 Å². The molecule has 0 radical (unpaired) electrons. The number of fused-ring (bicyclic) bond motifs is 1. The van der Waals surface area contributed by atoms with Crippen LogP contribution >= 0.6 is 0 Å². The number of aromatic nitrogens is 1. The van der Waals surface area contributed by atoms with Gasteiger partial charge >= 0.3 is 6.03 Å². The number of nitrogens with one attached hydrogen (secondary N) is 1. The Hall–Kier alpha value is -3.55. The molecule has 2 aromatic carbocycles. The standard InChI is InChI=1S/C21H22N4O4/c1-2-28-16-9-7-15(8-10-16)25-12-11-24(21(25)27)14-19(26)22-13-20-23-17-5-3-4-6-18(17)29-20/h3-10H,2,11-14H2,1H3,(H,22,26). The highest BCUT2D eigenvalue weighted by molar-refractivity contribution is 5.96. The molecule has 2 heterocycles. The number of para-hydroxylation sites is 2. The van der Waals surface area contributed by atoms with Crippen LogP contribution in [0, 0.1) is 0 Å². The van der Waals surface area contributed by atoms with Crippen LogP contribution in [-0.4, -0.2) is 48.1 Å². The van der Waals surface area contributed by atoms with Crippen LogP contribution < -0.4 is 15.0 Å². The number of rotatable bonds is 7. The molecule has 4 rings (SSSR count). The van der Waals surface area contributed by atoms with Gasteiger partial charge in [-0.05, 0) is 43.3 Å². The molecule has 0 saturated carbocycles. The predicted octanol–water partition coefficient (Wildman–Crippen LogP) is 2.78. The topological polar surface area (TPSA) is 87.9 Å². The fraction of sp³-hybridized carbons (Fsp3) is 0.286. The Morgan fingerprint density at radius 2 is 1.97 bits per heavy atom. The van der Waals surface area contributed by atoms with E-state index in [1.807, 2.05) is 55.5 Å². The van der Waals surface area contributed by atoms with Crippen LogP contribution in [0.25, 0.3) is 11.1 Å². The second kappa shape index (κ2) is 8.22. The summed E-state index contributed by atoms with van der Waals surface area (Å²) in [4.78, 5) is 32.4. The second-order valence-electron chi connectivity index (χ2n) is 6.63. The van der Waals surface area contributed by atoms with Crippen molar-refractivity contribution in [3.05, 3.63) is 54.4 Å². The summed E-state index contributed by atoms with van der Waals surface area (Å²) in [6.07, 6.45) is 0. The summed E-state index contributed by atoms with van der Waals surface area (Å²) >= 11 is 0. The molecule has 3 aromatic rings. The summed E-state index contributed by atoms with van der Waals surface area (Å²) in [7, 11) is 0. The van der Waals surface area contributed by atoms with Gasteiger partial charge < -0.3 is 19.4 Å². The summed E-state index contributed by atoms with van der Waals surface area (Å²) in [6.45, 7) is 3.71. The zero-order valence-corrected chi connectivity index (χ0v) is 16.1. The van der Waals surface area contributed by atoms with E-state index in [0.717, 1.165) is 17.0 Å². The van der Waals surface area contributed by atoms with Crippen LogP contribution in [0.4, 0.5) is 10.5 Å². The summed E-state index contributed by atoms with van der Waals surface area (Å²) in [5.41, 5.74) is 2.21. The number of anilines is 1. The first-order valence-corrected chi connectivity index (χ1v) is 9.54. The lowest BCUT2D eigenvalue weighted by molar-refractivity contribution is -0.121. The number of urea groups is 1. The average Bonchev–Trinajstić information content (AvgIpc) is 3.31. The predicted molar refractivity (Wildman–Crippen MR) is 108 cm³/mol. The maximum atomic E-state index is 12.7. The van der Waals surface area contributed by atoms with Crippen molar-refractivity contribution < 1.29 is 18.7 Å². The van der Waals surface area contributed by atoms with E-state index in [9.17, 15) is 9.59 Å². The molecule has 1 N–H and O–H groups in total. The van der Waals surface area contributed by atoms with Gasteiger partial charge in [0.25, 0.3) is 0 Å². The van der Waals surface area contributed by atoms with Crippen LogP contribution in [0.2, 0.25) is 0 Å². The van der Waals surface area contributed by atoms with E-state index >= 15 is 0 Å². The lowest BCUT2D eigenvalue weighted by Crippen LogP contribution is -2.39. The molecule has 1 aromatic heterocycles. The molecule has 8 nitrogen and oxygen atoms in total. The molecule has 8 heteroatoms. The Morgan fingerprint density at radius 1 is 1.17 bits per heavy atom. The van der Waals surface area contributed by atoms with Gasteiger partial charge in [0.2, 0.25) is 11.8 Å². The molecular weight excluding hydrogens is 372 g/mol. The lowest BCUT2D eigenvalue weighted by Gasteiger charge is -2.18. The van der Waals surface area contributed by atoms with Crippen molar-refractivity contribution in [2.75, 3.05) is 31.1 Å². The third-order valence-corrected chi connectivity index (χ3v) is 4.66. The SMILES string of the molecule is CCOc1ccc(N2CCN(CC(=O)NCc3nc4ccccc4o3)C2=O)cc1. The van der Waals surface area contributed by atoms with Crippen LogP contribution in [0.5, 0.6) is 5.75 Å². The zero-order valence-electron chi connectivity index (χ0n) is 16.1. The van der Waals surface area contributed by atoms with Crippen LogP contribution in [0.1, 0.15) is 12.8 Å². The number of carbonyl (C=O) groups is 2. The van der Waals surface area contributed by atoms with E-state index in [4.69, 9.17) is 9.15 Å². The maximum absolute atomic E-state index is 12.7. The molecule has 0 unspecified atom stereocenters. The number of carbonyl (C=O) groups excluding carboxylic acids is 2. The highest BCUT2D eigenvalue weighted by Crippen LogP contribution is 2.23. The smallest absolute Gasteiger partial charge is 0.325 e. The molecule has 0 bridgehead atoms. The first kappa shape index (κ1) is 18.8. The van der Waals surface area contributed by atoms with Crippen LogP contribution in [0.3, 0.4) is 0 Å². The van der Waals surface area contributed by atoms with Crippen molar-refractivity contribution in [1.29, 1.82) is 0 Å². The third kappa shape index (κ3) is 4.16. The van der Waals surface area contributed by atoms with Gasteiger partial charge in [0.1, 0.15) is 17.8 Å². The molecule has 150 valence electrons. The van der Waals surface area contributed by atoms with E-state index in [1.165, 1.54) is 4.90 Å². The monoisotopic (exact) mass is 394 g/mol. The van der Waals surface area contributed by atoms with Crippen molar-refractivity contribution in [1.82, 2.24) is 15.2 Å². The molecule has 0 atom stereocenters. The van der Waals surface area contributed by atoms with E-state index in [-0.39, 0.29) is 25.0 Å². The Labute approximate surface area is 168 Å². The Balaban J connectivity index is 1.31. The molecule has 1 aliphatic rings. The maximum Gasteiger partial charge on any atom is 0.325 e. The highest BCUT2D eigenvalue weighted by Gasteiger charge is 2.30. The summed E-state index contributed by atoms with van der Waals surface area (Å²) < 4.78 is 11.0. The van der Waals surface area contributed by atoms with Crippen molar-refractivity contribution in [2.45, 2.75) is 13.5 Å². The van der Waals surface area contributed by atoms with Crippen molar-refractivity contribution in [3.8, 4) is 5.75 Å².